The van der Waals surface area contributed by atoms with E-state index in [1.54, 1.807) is 0 Å². The number of rotatable bonds is 5. The van der Waals surface area contributed by atoms with Gasteiger partial charge in [-0.3, -0.25) is 4.90 Å². The van der Waals surface area contributed by atoms with Crippen LogP contribution in [0.3, 0.4) is 0 Å². The highest BCUT2D eigenvalue weighted by Crippen LogP contribution is 2.35. The van der Waals surface area contributed by atoms with Crippen LogP contribution in [0.1, 0.15) is 28.7 Å². The fourth-order valence-corrected chi connectivity index (χ4v) is 5.92. The Hall–Kier alpha value is -3.84. The molecule has 2 heterocycles. The number of hydrazine groups is 1. The van der Waals surface area contributed by atoms with E-state index < -0.39 is 12.2 Å². The van der Waals surface area contributed by atoms with Gasteiger partial charge in [-0.2, -0.15) is 0 Å². The van der Waals surface area contributed by atoms with Gasteiger partial charge in [-0.15, -0.1) is 0 Å². The fraction of sp³-hybridized carbons (Fsp3) is 0.333. The lowest BCUT2D eigenvalue weighted by molar-refractivity contribution is -0.0199. The van der Waals surface area contributed by atoms with Crippen LogP contribution in [0.25, 0.3) is 0 Å². The molecule has 0 spiro atoms. The molecule has 2 fully saturated rings. The normalized spacial score (nSPS) is 21.1. The molecule has 37 heavy (non-hydrogen) atoms. The van der Waals surface area contributed by atoms with Crippen molar-refractivity contribution in [3.8, 4) is 0 Å². The predicted molar refractivity (Wildman–Crippen MR) is 138 cm³/mol. The Morgan fingerprint density at radius 1 is 0.622 bits per heavy atom. The Kier molecular flexibility index (Phi) is 6.53. The molecule has 2 aliphatic heterocycles. The first-order chi connectivity index (χ1) is 18.2. The highest BCUT2D eigenvalue weighted by atomic mass is 16.6. The number of fused-ring (bicyclic) bond motifs is 3. The van der Waals surface area contributed by atoms with E-state index in [2.05, 4.69) is 29.2 Å². The molecule has 2 amide bonds. The van der Waals surface area contributed by atoms with Gasteiger partial charge in [0.05, 0.1) is 12.1 Å². The third-order valence-electron chi connectivity index (χ3n) is 7.69. The van der Waals surface area contributed by atoms with Gasteiger partial charge in [0.15, 0.2) is 0 Å². The number of hydrogen-bond acceptors (Lipinski definition) is 5. The Balaban J connectivity index is 1.19. The van der Waals surface area contributed by atoms with E-state index in [1.165, 1.54) is 21.1 Å². The van der Waals surface area contributed by atoms with Gasteiger partial charge in [0.1, 0.15) is 13.2 Å². The summed E-state index contributed by atoms with van der Waals surface area (Å²) in [5.41, 5.74) is 4.59. The zero-order chi connectivity index (χ0) is 25.2. The molecule has 2 bridgehead atoms. The third kappa shape index (κ3) is 4.91. The molecular weight excluding hydrogens is 466 g/mol. The first kappa shape index (κ1) is 23.6. The number of nitrogens with zero attached hydrogens (tertiary/aromatic N) is 3. The van der Waals surface area contributed by atoms with E-state index in [0.717, 1.165) is 30.4 Å². The number of ether oxygens (including phenoxy) is 2. The van der Waals surface area contributed by atoms with Crippen molar-refractivity contribution >= 4 is 12.2 Å². The van der Waals surface area contributed by atoms with Crippen LogP contribution >= 0.6 is 0 Å². The Morgan fingerprint density at radius 3 is 1.51 bits per heavy atom. The number of hydrogen-bond donors (Lipinski definition) is 0. The van der Waals surface area contributed by atoms with E-state index in [4.69, 9.17) is 9.47 Å². The van der Waals surface area contributed by atoms with Gasteiger partial charge in [0.2, 0.25) is 0 Å². The number of benzene rings is 3. The van der Waals surface area contributed by atoms with Crippen molar-refractivity contribution in [3.63, 3.8) is 0 Å². The minimum atomic E-state index is -0.510. The van der Waals surface area contributed by atoms with E-state index in [9.17, 15) is 9.59 Å². The van der Waals surface area contributed by atoms with Gasteiger partial charge in [-0.1, -0.05) is 84.9 Å². The summed E-state index contributed by atoms with van der Waals surface area (Å²) in [7, 11) is 0. The molecule has 0 saturated carbocycles. The Bertz CT molecular complexity index is 1160. The predicted octanol–water partition coefficient (Wildman–Crippen LogP) is 4.80. The monoisotopic (exact) mass is 497 g/mol. The second kappa shape index (κ2) is 10.3. The topological polar surface area (TPSA) is 62.3 Å². The lowest BCUT2D eigenvalue weighted by Crippen LogP contribution is -2.50. The molecule has 7 nitrogen and oxygen atoms in total. The summed E-state index contributed by atoms with van der Waals surface area (Å²) in [5.74, 6) is 0. The third-order valence-corrected chi connectivity index (χ3v) is 7.69. The van der Waals surface area contributed by atoms with Gasteiger partial charge in [-0.25, -0.2) is 19.6 Å². The molecular formula is C30H31N3O4. The molecule has 2 unspecified atom stereocenters. The summed E-state index contributed by atoms with van der Waals surface area (Å²) in [4.78, 5) is 29.2. The van der Waals surface area contributed by atoms with Crippen LogP contribution < -0.4 is 0 Å². The maximum Gasteiger partial charge on any atom is 0.429 e. The van der Waals surface area contributed by atoms with E-state index in [-0.39, 0.29) is 25.3 Å². The molecule has 0 radical (unpaired) electrons. The van der Waals surface area contributed by atoms with Gasteiger partial charge in [0, 0.05) is 19.1 Å². The number of amides is 2. The van der Waals surface area contributed by atoms with Crippen LogP contribution in [0.15, 0.2) is 84.9 Å². The van der Waals surface area contributed by atoms with Crippen LogP contribution in [-0.2, 0) is 35.5 Å². The number of piperidine rings is 1. The molecule has 6 rings (SSSR count). The van der Waals surface area contributed by atoms with Crippen LogP contribution in [0.4, 0.5) is 9.59 Å². The fourth-order valence-electron chi connectivity index (χ4n) is 5.92. The van der Waals surface area contributed by atoms with Crippen molar-refractivity contribution in [3.05, 3.63) is 107 Å². The minimum absolute atomic E-state index is 0.144. The highest BCUT2D eigenvalue weighted by Gasteiger charge is 2.51. The van der Waals surface area contributed by atoms with Crippen molar-refractivity contribution in [2.45, 2.75) is 50.6 Å². The second-order valence-corrected chi connectivity index (χ2v) is 10.1. The largest absolute Gasteiger partial charge is 0.443 e. The molecule has 1 aliphatic carbocycles. The summed E-state index contributed by atoms with van der Waals surface area (Å²) in [6, 6.07) is 27.8. The van der Waals surface area contributed by atoms with Gasteiger partial charge in [0.25, 0.3) is 0 Å². The average Bonchev–Trinajstić information content (AvgIpc) is 3.49. The average molecular weight is 498 g/mol. The molecule has 2 atom stereocenters. The zero-order valence-corrected chi connectivity index (χ0v) is 20.7. The molecule has 190 valence electrons. The molecule has 7 heteroatoms. The first-order valence-electron chi connectivity index (χ1n) is 13.0. The molecule has 2 saturated heterocycles. The van der Waals surface area contributed by atoms with Gasteiger partial charge < -0.3 is 9.47 Å². The van der Waals surface area contributed by atoms with Crippen LogP contribution in [0, 0.1) is 0 Å². The van der Waals surface area contributed by atoms with E-state index >= 15 is 0 Å². The van der Waals surface area contributed by atoms with E-state index in [0.29, 0.717) is 19.1 Å². The van der Waals surface area contributed by atoms with E-state index in [1.807, 2.05) is 60.7 Å². The number of carbonyl (C=O) groups excluding carboxylic acids is 2. The van der Waals surface area contributed by atoms with Gasteiger partial charge >= 0.3 is 12.2 Å². The van der Waals surface area contributed by atoms with Crippen molar-refractivity contribution in [1.29, 1.82) is 0 Å². The lowest BCUT2D eigenvalue weighted by Gasteiger charge is -2.35. The maximum absolute atomic E-state index is 13.4. The summed E-state index contributed by atoms with van der Waals surface area (Å²) in [6.45, 7) is 1.72. The quantitative estimate of drug-likeness (QED) is 0.507. The molecule has 3 aromatic rings. The van der Waals surface area contributed by atoms with Crippen molar-refractivity contribution in [1.82, 2.24) is 14.9 Å². The first-order valence-corrected chi connectivity index (χ1v) is 13.0. The molecule has 0 N–H and O–H groups in total. The number of carbonyl (C=O) groups is 2. The Morgan fingerprint density at radius 2 is 1.05 bits per heavy atom. The van der Waals surface area contributed by atoms with Crippen LogP contribution in [0.5, 0.6) is 0 Å². The Labute approximate surface area is 217 Å². The smallest absolute Gasteiger partial charge is 0.429 e. The van der Waals surface area contributed by atoms with Crippen molar-refractivity contribution in [2.24, 2.45) is 0 Å². The summed E-state index contributed by atoms with van der Waals surface area (Å²) in [5, 5.41) is 3.03. The highest BCUT2D eigenvalue weighted by molar-refractivity contribution is 5.76. The standard InChI is InChI=1S/C30H31N3O4/c34-29(36-20-22-9-3-1-4-10-22)32-27-17-28(33(32)30(35)37-21-23-11-5-2-6-12-23)19-31(18-27)26-15-24-13-7-8-14-25(24)16-26/h1-14,26-28H,15-21H2. The summed E-state index contributed by atoms with van der Waals surface area (Å²) < 4.78 is 11.4. The van der Waals surface area contributed by atoms with Crippen LogP contribution in [0.2, 0.25) is 0 Å². The van der Waals surface area contributed by atoms with Crippen molar-refractivity contribution in [2.75, 3.05) is 13.1 Å². The minimum Gasteiger partial charge on any atom is -0.443 e. The molecule has 3 aliphatic rings. The number of likely N-dealkylation sites (tertiary alicyclic amines) is 1. The second-order valence-electron chi connectivity index (χ2n) is 10.1. The molecule has 3 aromatic carbocycles. The van der Waals surface area contributed by atoms with Gasteiger partial charge in [-0.05, 0) is 41.5 Å². The SMILES string of the molecule is O=C(OCc1ccccc1)N1C2CC(CN(C3Cc4ccccc4C3)C2)N1C(=O)OCc1ccccc1. The molecule has 0 aromatic heterocycles. The zero-order valence-electron chi connectivity index (χ0n) is 20.7. The van der Waals surface area contributed by atoms with Crippen molar-refractivity contribution < 1.29 is 19.1 Å². The maximum atomic E-state index is 13.4. The lowest BCUT2D eigenvalue weighted by atomic mass is 10.0. The summed E-state index contributed by atoms with van der Waals surface area (Å²) >= 11 is 0. The summed E-state index contributed by atoms with van der Waals surface area (Å²) in [6.07, 6.45) is 1.69. The van der Waals surface area contributed by atoms with Crippen LogP contribution in [-0.4, -0.2) is 58.3 Å².